The van der Waals surface area contributed by atoms with E-state index in [1.807, 2.05) is 18.2 Å². The van der Waals surface area contributed by atoms with Crippen LogP contribution in [-0.4, -0.2) is 13.7 Å². The van der Waals surface area contributed by atoms with Crippen LogP contribution in [-0.2, 0) is 5.41 Å². The van der Waals surface area contributed by atoms with Crippen molar-refractivity contribution in [1.82, 2.24) is 0 Å². The minimum Gasteiger partial charge on any atom is -0.496 e. The quantitative estimate of drug-likeness (QED) is 0.918. The summed E-state index contributed by atoms with van der Waals surface area (Å²) in [7, 11) is 1.72. The molecule has 0 atom stereocenters. The smallest absolute Gasteiger partial charge is 0.123 e. The van der Waals surface area contributed by atoms with Crippen molar-refractivity contribution in [2.45, 2.75) is 18.3 Å². The van der Waals surface area contributed by atoms with E-state index >= 15 is 0 Å². The van der Waals surface area contributed by atoms with Crippen molar-refractivity contribution < 1.29 is 4.74 Å². The molecule has 1 saturated carbocycles. The highest BCUT2D eigenvalue weighted by Crippen LogP contribution is 2.51. The maximum Gasteiger partial charge on any atom is 0.123 e. The maximum atomic E-state index is 6.05. The molecule has 1 fully saturated rings. The fraction of sp³-hybridized carbons (Fsp3) is 0.333. The molecule has 18 heavy (non-hydrogen) atoms. The molecule has 0 saturated heterocycles. The number of benzene rings is 2. The lowest BCUT2D eigenvalue weighted by Gasteiger charge is -2.18. The van der Waals surface area contributed by atoms with Gasteiger partial charge >= 0.3 is 0 Å². The third-order valence-electron chi connectivity index (χ3n) is 3.94. The van der Waals surface area contributed by atoms with Crippen LogP contribution < -0.4 is 10.5 Å². The summed E-state index contributed by atoms with van der Waals surface area (Å²) in [5, 5.41) is 3.06. The maximum absolute atomic E-state index is 6.05. The van der Waals surface area contributed by atoms with Gasteiger partial charge in [0.05, 0.1) is 7.11 Å². The molecular weight excluding hydrogens is 246 g/mol. The Hall–Kier alpha value is -1.25. The van der Waals surface area contributed by atoms with Crippen LogP contribution in [0, 0.1) is 0 Å². The van der Waals surface area contributed by atoms with Crippen molar-refractivity contribution >= 4 is 22.4 Å². The molecule has 0 bridgehead atoms. The first kappa shape index (κ1) is 11.8. The molecule has 2 aromatic rings. The Bertz CT molecular complexity index is 605. The number of fused-ring (bicyclic) bond motifs is 1. The number of nitrogens with two attached hydrogens (primary N) is 1. The zero-order valence-electron chi connectivity index (χ0n) is 10.4. The average Bonchev–Trinajstić information content (AvgIpc) is 3.18. The Labute approximate surface area is 112 Å². The van der Waals surface area contributed by atoms with Gasteiger partial charge in [0.25, 0.3) is 0 Å². The number of methoxy groups -OCH3 is 1. The van der Waals surface area contributed by atoms with Crippen LogP contribution in [0.3, 0.4) is 0 Å². The molecule has 2 N–H and O–H groups in total. The molecule has 1 aliphatic carbocycles. The lowest BCUT2D eigenvalue weighted by atomic mass is 9.92. The minimum absolute atomic E-state index is 0.127. The van der Waals surface area contributed by atoms with Gasteiger partial charge in [0.15, 0.2) is 0 Å². The van der Waals surface area contributed by atoms with Gasteiger partial charge in [-0.25, -0.2) is 0 Å². The monoisotopic (exact) mass is 261 g/mol. The Morgan fingerprint density at radius 1 is 1.22 bits per heavy atom. The predicted octanol–water partition coefficient (Wildman–Crippen LogP) is 3.49. The molecular formula is C15H16ClNO. The van der Waals surface area contributed by atoms with Gasteiger partial charge in [-0.1, -0.05) is 17.7 Å². The summed E-state index contributed by atoms with van der Waals surface area (Å²) in [6, 6.07) is 10.2. The number of rotatable bonds is 3. The molecule has 0 amide bonds. The van der Waals surface area contributed by atoms with Gasteiger partial charge in [-0.2, -0.15) is 0 Å². The first-order valence-electron chi connectivity index (χ1n) is 6.16. The summed E-state index contributed by atoms with van der Waals surface area (Å²) in [4.78, 5) is 0. The van der Waals surface area contributed by atoms with Crippen LogP contribution in [0.15, 0.2) is 30.3 Å². The van der Waals surface area contributed by atoms with Gasteiger partial charge < -0.3 is 10.5 Å². The third kappa shape index (κ3) is 1.76. The zero-order chi connectivity index (χ0) is 12.8. The van der Waals surface area contributed by atoms with Crippen molar-refractivity contribution in [3.63, 3.8) is 0 Å². The standard InChI is InChI=1S/C15H16ClNO/c1-18-14-8-10-2-3-12(16)6-11(10)7-13(14)15(9-17)4-5-15/h2-3,6-8H,4-5,9,17H2,1H3. The van der Waals surface area contributed by atoms with Gasteiger partial charge in [0, 0.05) is 22.5 Å². The van der Waals surface area contributed by atoms with E-state index in [2.05, 4.69) is 12.1 Å². The normalized spacial score (nSPS) is 16.8. The molecule has 0 radical (unpaired) electrons. The average molecular weight is 262 g/mol. The van der Waals surface area contributed by atoms with Gasteiger partial charge in [-0.15, -0.1) is 0 Å². The SMILES string of the molecule is COc1cc2ccc(Cl)cc2cc1C1(CN)CC1. The van der Waals surface area contributed by atoms with E-state index in [1.165, 1.54) is 5.56 Å². The molecule has 1 aliphatic rings. The summed E-state index contributed by atoms with van der Waals surface area (Å²) in [5.41, 5.74) is 7.27. The molecule has 94 valence electrons. The van der Waals surface area contributed by atoms with Crippen LogP contribution in [0.2, 0.25) is 5.02 Å². The topological polar surface area (TPSA) is 35.2 Å². The summed E-state index contributed by atoms with van der Waals surface area (Å²) < 4.78 is 5.52. The summed E-state index contributed by atoms with van der Waals surface area (Å²) in [6.07, 6.45) is 2.29. The Balaban J connectivity index is 2.23. The van der Waals surface area contributed by atoms with Crippen molar-refractivity contribution in [2.24, 2.45) is 5.73 Å². The zero-order valence-corrected chi connectivity index (χ0v) is 11.1. The number of hydrogen-bond donors (Lipinski definition) is 1. The molecule has 3 rings (SSSR count). The second kappa shape index (κ2) is 4.15. The van der Waals surface area contributed by atoms with E-state index in [-0.39, 0.29) is 5.41 Å². The molecule has 2 aromatic carbocycles. The van der Waals surface area contributed by atoms with E-state index in [4.69, 9.17) is 22.1 Å². The van der Waals surface area contributed by atoms with E-state index < -0.39 is 0 Å². The van der Waals surface area contributed by atoms with Gasteiger partial charge in [0.2, 0.25) is 0 Å². The van der Waals surface area contributed by atoms with Crippen LogP contribution in [0.25, 0.3) is 10.8 Å². The van der Waals surface area contributed by atoms with Crippen molar-refractivity contribution in [3.05, 3.63) is 40.9 Å². The fourth-order valence-electron chi connectivity index (χ4n) is 2.57. The molecule has 3 heteroatoms. The Kier molecular flexibility index (Phi) is 2.72. The first-order chi connectivity index (χ1) is 8.68. The predicted molar refractivity (Wildman–Crippen MR) is 75.5 cm³/mol. The van der Waals surface area contributed by atoms with Gasteiger partial charge in [-0.3, -0.25) is 0 Å². The van der Waals surface area contributed by atoms with Gasteiger partial charge in [-0.05, 0) is 47.9 Å². The third-order valence-corrected chi connectivity index (χ3v) is 4.17. The summed E-state index contributed by atoms with van der Waals surface area (Å²) in [6.45, 7) is 0.676. The molecule has 0 unspecified atom stereocenters. The van der Waals surface area contributed by atoms with Crippen LogP contribution in [0.5, 0.6) is 5.75 Å². The summed E-state index contributed by atoms with van der Waals surface area (Å²) in [5.74, 6) is 0.938. The van der Waals surface area contributed by atoms with Crippen LogP contribution >= 0.6 is 11.6 Å². The first-order valence-corrected chi connectivity index (χ1v) is 6.54. The van der Waals surface area contributed by atoms with Crippen molar-refractivity contribution in [3.8, 4) is 5.75 Å². The number of ether oxygens (including phenoxy) is 1. The van der Waals surface area contributed by atoms with E-state index in [1.54, 1.807) is 7.11 Å². The fourth-order valence-corrected chi connectivity index (χ4v) is 2.75. The van der Waals surface area contributed by atoms with Gasteiger partial charge in [0.1, 0.15) is 5.75 Å². The lowest BCUT2D eigenvalue weighted by Crippen LogP contribution is -2.20. The Morgan fingerprint density at radius 3 is 2.61 bits per heavy atom. The van der Waals surface area contributed by atoms with Crippen molar-refractivity contribution in [1.29, 1.82) is 0 Å². The van der Waals surface area contributed by atoms with Crippen molar-refractivity contribution in [2.75, 3.05) is 13.7 Å². The summed E-state index contributed by atoms with van der Waals surface area (Å²) >= 11 is 6.05. The van der Waals surface area contributed by atoms with Crippen LogP contribution in [0.4, 0.5) is 0 Å². The van der Waals surface area contributed by atoms with Crippen LogP contribution in [0.1, 0.15) is 18.4 Å². The molecule has 0 aromatic heterocycles. The molecule has 0 spiro atoms. The lowest BCUT2D eigenvalue weighted by molar-refractivity contribution is 0.405. The highest BCUT2D eigenvalue weighted by molar-refractivity contribution is 6.31. The highest BCUT2D eigenvalue weighted by Gasteiger charge is 2.44. The largest absolute Gasteiger partial charge is 0.496 e. The number of hydrogen-bond acceptors (Lipinski definition) is 2. The number of halogens is 1. The molecule has 0 aliphatic heterocycles. The second-order valence-corrected chi connectivity index (χ2v) is 5.46. The molecule has 2 nitrogen and oxygen atoms in total. The van der Waals surface area contributed by atoms with E-state index in [9.17, 15) is 0 Å². The second-order valence-electron chi connectivity index (χ2n) is 5.03. The Morgan fingerprint density at radius 2 is 2.00 bits per heavy atom. The molecule has 0 heterocycles. The van der Waals surface area contributed by atoms with E-state index in [0.29, 0.717) is 6.54 Å². The highest BCUT2D eigenvalue weighted by atomic mass is 35.5. The minimum atomic E-state index is 0.127. The van der Waals surface area contributed by atoms with E-state index in [0.717, 1.165) is 34.4 Å².